The van der Waals surface area contributed by atoms with Crippen LogP contribution in [0.4, 0.5) is 0 Å². The Bertz CT molecular complexity index is 322. The molecular formula is C10H10Cl2O. The number of carbonyl (C=O) groups excluding carboxylic acids is 1. The largest absolute Gasteiger partial charge is 0.293 e. The molecule has 0 spiro atoms. The summed E-state index contributed by atoms with van der Waals surface area (Å²) < 4.78 is 0. The van der Waals surface area contributed by atoms with Gasteiger partial charge in [0, 0.05) is 5.56 Å². The minimum absolute atomic E-state index is 0.0242. The van der Waals surface area contributed by atoms with Crippen molar-refractivity contribution in [3.63, 3.8) is 0 Å². The molecule has 1 rings (SSSR count). The van der Waals surface area contributed by atoms with Crippen LogP contribution >= 0.6 is 23.2 Å². The molecule has 1 aromatic rings. The first kappa shape index (κ1) is 10.6. The van der Waals surface area contributed by atoms with Crippen molar-refractivity contribution in [3.8, 4) is 0 Å². The predicted molar refractivity (Wildman–Crippen MR) is 56.0 cm³/mol. The lowest BCUT2D eigenvalue weighted by Gasteiger charge is -2.06. The quantitative estimate of drug-likeness (QED) is 0.548. The fourth-order valence-electron chi connectivity index (χ4n) is 1.34. The van der Waals surface area contributed by atoms with Crippen LogP contribution in [0.25, 0.3) is 0 Å². The lowest BCUT2D eigenvalue weighted by Crippen LogP contribution is -2.04. The second-order valence-corrected chi connectivity index (χ2v) is 3.67. The molecule has 0 saturated heterocycles. The number of halogens is 2. The van der Waals surface area contributed by atoms with E-state index in [1.54, 1.807) is 6.07 Å². The molecule has 0 aliphatic carbocycles. The molecule has 0 N–H and O–H groups in total. The highest BCUT2D eigenvalue weighted by Gasteiger charge is 2.12. The lowest BCUT2D eigenvalue weighted by atomic mass is 10.0. The average Bonchev–Trinajstić information content (AvgIpc) is 2.02. The summed E-state index contributed by atoms with van der Waals surface area (Å²) >= 11 is 11.4. The van der Waals surface area contributed by atoms with Crippen molar-refractivity contribution in [1.29, 1.82) is 0 Å². The molecule has 13 heavy (non-hydrogen) atoms. The van der Waals surface area contributed by atoms with Crippen LogP contribution in [-0.2, 0) is 0 Å². The monoisotopic (exact) mass is 216 g/mol. The second-order valence-electron chi connectivity index (χ2n) is 3.00. The molecule has 1 nitrogen and oxygen atoms in total. The summed E-state index contributed by atoms with van der Waals surface area (Å²) in [6.07, 6.45) is 0. The molecule has 0 aliphatic heterocycles. The predicted octanol–water partition coefficient (Wildman–Crippen LogP) is 3.38. The number of aryl methyl sites for hydroxylation is 2. The maximum absolute atomic E-state index is 11.4. The fraction of sp³-hybridized carbons (Fsp3) is 0.300. The minimum atomic E-state index is -0.121. The first-order chi connectivity index (χ1) is 6.06. The van der Waals surface area contributed by atoms with Gasteiger partial charge in [0.25, 0.3) is 0 Å². The van der Waals surface area contributed by atoms with E-state index < -0.39 is 0 Å². The van der Waals surface area contributed by atoms with E-state index in [1.807, 2.05) is 19.9 Å². The maximum atomic E-state index is 11.4. The van der Waals surface area contributed by atoms with Crippen LogP contribution < -0.4 is 0 Å². The third kappa shape index (κ3) is 2.23. The Labute approximate surface area is 87.7 Å². The van der Waals surface area contributed by atoms with Crippen molar-refractivity contribution >= 4 is 29.0 Å². The highest BCUT2D eigenvalue weighted by molar-refractivity contribution is 6.37. The smallest absolute Gasteiger partial charge is 0.179 e. The van der Waals surface area contributed by atoms with Gasteiger partial charge in [-0.3, -0.25) is 4.79 Å². The Morgan fingerprint density at radius 2 is 2.00 bits per heavy atom. The zero-order valence-corrected chi connectivity index (χ0v) is 9.04. The Kier molecular flexibility index (Phi) is 3.34. The molecule has 0 aromatic heterocycles. The van der Waals surface area contributed by atoms with Crippen LogP contribution in [0, 0.1) is 13.8 Å². The van der Waals surface area contributed by atoms with E-state index in [-0.39, 0.29) is 11.7 Å². The Hall–Kier alpha value is -0.530. The van der Waals surface area contributed by atoms with Crippen LogP contribution in [0.3, 0.4) is 0 Å². The van der Waals surface area contributed by atoms with Crippen molar-refractivity contribution in [1.82, 2.24) is 0 Å². The van der Waals surface area contributed by atoms with Crippen LogP contribution in [0.1, 0.15) is 21.5 Å². The van der Waals surface area contributed by atoms with Gasteiger partial charge in [0.1, 0.15) is 0 Å². The van der Waals surface area contributed by atoms with Crippen molar-refractivity contribution in [2.75, 3.05) is 5.88 Å². The Balaban J connectivity index is 3.28. The molecular weight excluding hydrogens is 207 g/mol. The van der Waals surface area contributed by atoms with Gasteiger partial charge >= 0.3 is 0 Å². The van der Waals surface area contributed by atoms with E-state index in [0.29, 0.717) is 10.6 Å². The third-order valence-electron chi connectivity index (χ3n) is 1.83. The number of benzene rings is 1. The van der Waals surface area contributed by atoms with Crippen LogP contribution in [-0.4, -0.2) is 11.7 Å². The number of carbonyl (C=O) groups is 1. The lowest BCUT2D eigenvalue weighted by molar-refractivity contribution is 0.102. The molecule has 0 amide bonds. The van der Waals surface area contributed by atoms with Crippen molar-refractivity contribution in [2.24, 2.45) is 0 Å². The molecule has 0 fully saturated rings. The molecule has 1 aromatic carbocycles. The molecule has 0 aliphatic rings. The fourth-order valence-corrected chi connectivity index (χ4v) is 1.90. The van der Waals surface area contributed by atoms with Crippen LogP contribution in [0.5, 0.6) is 0 Å². The van der Waals surface area contributed by atoms with Gasteiger partial charge in [-0.05, 0) is 31.0 Å². The van der Waals surface area contributed by atoms with Gasteiger partial charge in [0.05, 0.1) is 10.9 Å². The minimum Gasteiger partial charge on any atom is -0.293 e. The zero-order valence-electron chi connectivity index (χ0n) is 7.53. The first-order valence-electron chi connectivity index (χ1n) is 3.92. The van der Waals surface area contributed by atoms with Gasteiger partial charge in [-0.1, -0.05) is 17.7 Å². The van der Waals surface area contributed by atoms with E-state index in [9.17, 15) is 4.79 Å². The Morgan fingerprint density at radius 3 is 2.46 bits per heavy atom. The number of rotatable bonds is 2. The highest BCUT2D eigenvalue weighted by atomic mass is 35.5. The van der Waals surface area contributed by atoms with Gasteiger partial charge in [0.15, 0.2) is 5.78 Å². The molecule has 0 heterocycles. The average molecular weight is 217 g/mol. The van der Waals surface area contributed by atoms with Gasteiger partial charge in [-0.25, -0.2) is 0 Å². The second kappa shape index (κ2) is 4.12. The summed E-state index contributed by atoms with van der Waals surface area (Å²) in [7, 11) is 0. The standard InChI is InChI=1S/C10H10Cl2O/c1-6-3-7(2)10(8(12)4-6)9(13)5-11/h3-4H,5H2,1-2H3. The number of Topliss-reactive ketones (excluding diaryl/α,β-unsaturated/α-hetero) is 1. The Morgan fingerprint density at radius 1 is 1.38 bits per heavy atom. The summed E-state index contributed by atoms with van der Waals surface area (Å²) in [5.41, 5.74) is 2.48. The number of ketones is 1. The van der Waals surface area contributed by atoms with Gasteiger partial charge in [0.2, 0.25) is 0 Å². The molecule has 0 saturated carbocycles. The van der Waals surface area contributed by atoms with E-state index in [4.69, 9.17) is 23.2 Å². The van der Waals surface area contributed by atoms with Gasteiger partial charge in [-0.2, -0.15) is 0 Å². The summed E-state index contributed by atoms with van der Waals surface area (Å²) in [6, 6.07) is 3.69. The molecule has 0 unspecified atom stereocenters. The number of hydrogen-bond donors (Lipinski definition) is 0. The van der Waals surface area contributed by atoms with E-state index >= 15 is 0 Å². The zero-order chi connectivity index (χ0) is 10.0. The topological polar surface area (TPSA) is 17.1 Å². The number of hydrogen-bond acceptors (Lipinski definition) is 1. The number of alkyl halides is 1. The molecule has 3 heteroatoms. The molecule has 0 atom stereocenters. The molecule has 0 radical (unpaired) electrons. The van der Waals surface area contributed by atoms with Crippen LogP contribution in [0.2, 0.25) is 5.02 Å². The van der Waals surface area contributed by atoms with Gasteiger partial charge < -0.3 is 0 Å². The van der Waals surface area contributed by atoms with E-state index in [2.05, 4.69) is 0 Å². The molecule has 70 valence electrons. The van der Waals surface area contributed by atoms with Crippen LogP contribution in [0.15, 0.2) is 12.1 Å². The van der Waals surface area contributed by atoms with E-state index in [0.717, 1.165) is 11.1 Å². The highest BCUT2D eigenvalue weighted by Crippen LogP contribution is 2.22. The summed E-state index contributed by atoms with van der Waals surface area (Å²) in [5, 5.41) is 0.489. The summed E-state index contributed by atoms with van der Waals surface area (Å²) in [5.74, 6) is -0.145. The first-order valence-corrected chi connectivity index (χ1v) is 4.83. The SMILES string of the molecule is Cc1cc(C)c(C(=O)CCl)c(Cl)c1. The summed E-state index contributed by atoms with van der Waals surface area (Å²) in [6.45, 7) is 3.80. The summed E-state index contributed by atoms with van der Waals surface area (Å²) in [4.78, 5) is 11.4. The van der Waals surface area contributed by atoms with Gasteiger partial charge in [-0.15, -0.1) is 11.6 Å². The third-order valence-corrected chi connectivity index (χ3v) is 2.37. The van der Waals surface area contributed by atoms with Crippen molar-refractivity contribution < 1.29 is 4.79 Å². The van der Waals surface area contributed by atoms with Crippen molar-refractivity contribution in [3.05, 3.63) is 33.8 Å². The van der Waals surface area contributed by atoms with E-state index in [1.165, 1.54) is 0 Å². The molecule has 0 bridgehead atoms. The van der Waals surface area contributed by atoms with Crippen molar-refractivity contribution in [2.45, 2.75) is 13.8 Å². The maximum Gasteiger partial charge on any atom is 0.179 e. The normalized spacial score (nSPS) is 10.2.